The van der Waals surface area contributed by atoms with Crippen LogP contribution in [0.15, 0.2) is 42.5 Å². The van der Waals surface area contributed by atoms with E-state index in [1.165, 1.54) is 26.6 Å². The van der Waals surface area contributed by atoms with Crippen molar-refractivity contribution in [1.29, 1.82) is 0 Å². The number of carbonyl (C=O) groups excluding carboxylic acids is 2. The fourth-order valence-corrected chi connectivity index (χ4v) is 4.40. The van der Waals surface area contributed by atoms with Crippen LogP contribution in [0, 0.1) is 13.8 Å². The van der Waals surface area contributed by atoms with Gasteiger partial charge in [0.1, 0.15) is 5.75 Å². The summed E-state index contributed by atoms with van der Waals surface area (Å²) < 4.78 is 5.17. The number of nitrogens with zero attached hydrogens (tertiary/aromatic N) is 2. The van der Waals surface area contributed by atoms with Crippen LogP contribution in [0.3, 0.4) is 0 Å². The first-order valence-corrected chi connectivity index (χ1v) is 10.2. The standard InChI is InChI=1S/C23H27N3O3/c1-16-4-5-17(2)20(14-16)24-10-12-25(13-11-24)21-15-22(27)26(23(21)28)18-6-8-19(29-3)9-7-18/h4-9,14,21H,10-13,15H2,1-3H3/p+1/t21-/m1/s1. The molecule has 2 aliphatic heterocycles. The molecule has 6 heteroatoms. The summed E-state index contributed by atoms with van der Waals surface area (Å²) in [6.07, 6.45) is 0.281. The average molecular weight is 394 g/mol. The Labute approximate surface area is 171 Å². The molecule has 4 rings (SSSR count). The van der Waals surface area contributed by atoms with Crippen LogP contribution in [0.1, 0.15) is 17.5 Å². The minimum atomic E-state index is -0.287. The summed E-state index contributed by atoms with van der Waals surface area (Å²) in [6, 6.07) is 13.3. The molecule has 0 spiro atoms. The Hall–Kier alpha value is -2.86. The van der Waals surface area contributed by atoms with Gasteiger partial charge < -0.3 is 14.5 Å². The van der Waals surface area contributed by atoms with Gasteiger partial charge in [0, 0.05) is 5.69 Å². The van der Waals surface area contributed by atoms with Gasteiger partial charge in [0.25, 0.3) is 5.91 Å². The fourth-order valence-electron chi connectivity index (χ4n) is 4.40. The molecule has 0 aromatic heterocycles. The normalized spacial score (nSPS) is 20.4. The van der Waals surface area contributed by atoms with Crippen molar-refractivity contribution in [2.75, 3.05) is 43.1 Å². The van der Waals surface area contributed by atoms with E-state index < -0.39 is 0 Å². The van der Waals surface area contributed by atoms with Gasteiger partial charge in [0.15, 0.2) is 6.04 Å². The number of amides is 2. The van der Waals surface area contributed by atoms with Crippen LogP contribution < -0.4 is 19.4 Å². The molecule has 6 nitrogen and oxygen atoms in total. The Bertz CT molecular complexity index is 917. The van der Waals surface area contributed by atoms with Gasteiger partial charge in [0.2, 0.25) is 5.91 Å². The summed E-state index contributed by atoms with van der Waals surface area (Å²) in [5, 5.41) is 0. The number of imide groups is 1. The predicted octanol–water partition coefficient (Wildman–Crippen LogP) is 1.35. The van der Waals surface area contributed by atoms with Crippen molar-refractivity contribution in [1.82, 2.24) is 0 Å². The molecule has 0 aliphatic carbocycles. The molecule has 1 N–H and O–H groups in total. The molecule has 0 radical (unpaired) electrons. The summed E-state index contributed by atoms with van der Waals surface area (Å²) in [6.45, 7) is 7.74. The highest BCUT2D eigenvalue weighted by atomic mass is 16.5. The zero-order valence-corrected chi connectivity index (χ0v) is 17.3. The monoisotopic (exact) mass is 394 g/mol. The Morgan fingerprint density at radius 1 is 1.00 bits per heavy atom. The number of nitrogens with one attached hydrogen (secondary N) is 1. The number of benzene rings is 2. The highest BCUT2D eigenvalue weighted by Crippen LogP contribution is 2.25. The second-order valence-electron chi connectivity index (χ2n) is 7.96. The van der Waals surface area contributed by atoms with E-state index in [9.17, 15) is 9.59 Å². The molecule has 2 aromatic carbocycles. The van der Waals surface area contributed by atoms with Crippen LogP contribution in [0.5, 0.6) is 5.75 Å². The third-order valence-electron chi connectivity index (χ3n) is 6.08. The molecule has 0 bridgehead atoms. The lowest BCUT2D eigenvalue weighted by molar-refractivity contribution is -0.915. The number of carbonyl (C=O) groups is 2. The zero-order chi connectivity index (χ0) is 20.5. The first-order valence-electron chi connectivity index (χ1n) is 10.2. The first kappa shape index (κ1) is 19.5. The van der Waals surface area contributed by atoms with Gasteiger partial charge in [-0.2, -0.15) is 0 Å². The SMILES string of the molecule is COc1ccc(N2C(=O)C[C@@H]([NH+]3CCN(c4cc(C)ccc4C)CC3)C2=O)cc1. The van der Waals surface area contributed by atoms with Gasteiger partial charge in [-0.05, 0) is 55.3 Å². The minimum Gasteiger partial charge on any atom is -0.497 e. The quantitative estimate of drug-likeness (QED) is 0.796. The maximum atomic E-state index is 13.1. The number of hydrogen-bond acceptors (Lipinski definition) is 4. The molecule has 1 atom stereocenters. The predicted molar refractivity (Wildman–Crippen MR) is 113 cm³/mol. The van der Waals surface area contributed by atoms with E-state index in [1.807, 2.05) is 0 Å². The molecule has 2 saturated heterocycles. The van der Waals surface area contributed by atoms with E-state index >= 15 is 0 Å². The molecule has 2 heterocycles. The van der Waals surface area contributed by atoms with Crippen LogP contribution in [-0.4, -0.2) is 51.1 Å². The summed E-state index contributed by atoms with van der Waals surface area (Å²) in [4.78, 5) is 30.6. The van der Waals surface area contributed by atoms with Gasteiger partial charge in [-0.1, -0.05) is 12.1 Å². The van der Waals surface area contributed by atoms with Crippen LogP contribution in [0.4, 0.5) is 11.4 Å². The van der Waals surface area contributed by atoms with Crippen molar-refractivity contribution in [3.05, 3.63) is 53.6 Å². The van der Waals surface area contributed by atoms with Crippen molar-refractivity contribution < 1.29 is 19.2 Å². The van der Waals surface area contributed by atoms with Gasteiger partial charge >= 0.3 is 0 Å². The summed E-state index contributed by atoms with van der Waals surface area (Å²) in [5.74, 6) is 0.502. The Morgan fingerprint density at radius 2 is 1.69 bits per heavy atom. The molecule has 0 saturated carbocycles. The average Bonchev–Trinajstić information content (AvgIpc) is 3.04. The maximum Gasteiger partial charge on any atom is 0.292 e. The number of piperazine rings is 1. The molecule has 152 valence electrons. The van der Waals surface area contributed by atoms with Crippen molar-refractivity contribution in [3.8, 4) is 5.75 Å². The van der Waals surface area contributed by atoms with Crippen LogP contribution in [-0.2, 0) is 9.59 Å². The highest BCUT2D eigenvalue weighted by Gasteiger charge is 2.46. The molecule has 2 amide bonds. The smallest absolute Gasteiger partial charge is 0.292 e. The molecule has 29 heavy (non-hydrogen) atoms. The number of rotatable bonds is 4. The largest absolute Gasteiger partial charge is 0.497 e. The van der Waals surface area contributed by atoms with Crippen LogP contribution >= 0.6 is 0 Å². The summed E-state index contributed by atoms with van der Waals surface area (Å²) in [5.41, 5.74) is 4.43. The van der Waals surface area contributed by atoms with E-state index in [2.05, 4.69) is 36.9 Å². The fraction of sp³-hybridized carbons (Fsp3) is 0.391. The van der Waals surface area contributed by atoms with Crippen LogP contribution in [0.25, 0.3) is 0 Å². The zero-order valence-electron chi connectivity index (χ0n) is 17.3. The van der Waals surface area contributed by atoms with E-state index in [0.29, 0.717) is 11.4 Å². The van der Waals surface area contributed by atoms with Crippen LogP contribution in [0.2, 0.25) is 0 Å². The minimum absolute atomic E-state index is 0.0876. The summed E-state index contributed by atoms with van der Waals surface area (Å²) in [7, 11) is 1.60. The Kier molecular flexibility index (Phi) is 5.28. The number of quaternary nitrogens is 1. The number of aryl methyl sites for hydroxylation is 2. The lowest BCUT2D eigenvalue weighted by atomic mass is 10.1. The number of ether oxygens (including phenoxy) is 1. The lowest BCUT2D eigenvalue weighted by Crippen LogP contribution is -3.19. The third-order valence-corrected chi connectivity index (χ3v) is 6.08. The van der Waals surface area contributed by atoms with E-state index in [4.69, 9.17) is 4.74 Å². The molecule has 2 aliphatic rings. The maximum absolute atomic E-state index is 13.1. The number of methoxy groups -OCH3 is 1. The second-order valence-corrected chi connectivity index (χ2v) is 7.96. The lowest BCUT2D eigenvalue weighted by Gasteiger charge is -2.36. The molecule has 2 aromatic rings. The van der Waals surface area contributed by atoms with Crippen molar-refractivity contribution in [2.24, 2.45) is 0 Å². The van der Waals surface area contributed by atoms with Gasteiger partial charge in [-0.25, -0.2) is 4.90 Å². The summed E-state index contributed by atoms with van der Waals surface area (Å²) >= 11 is 0. The van der Waals surface area contributed by atoms with E-state index in [0.717, 1.165) is 26.2 Å². The number of hydrogen-bond donors (Lipinski definition) is 1. The Morgan fingerprint density at radius 3 is 2.34 bits per heavy atom. The molecular formula is C23H28N3O3+. The molecule has 0 unspecified atom stereocenters. The Balaban J connectivity index is 1.44. The third kappa shape index (κ3) is 3.72. The van der Waals surface area contributed by atoms with E-state index in [-0.39, 0.29) is 24.3 Å². The van der Waals surface area contributed by atoms with Crippen molar-refractivity contribution in [2.45, 2.75) is 26.3 Å². The number of anilines is 2. The van der Waals surface area contributed by atoms with Gasteiger partial charge in [-0.3, -0.25) is 9.59 Å². The van der Waals surface area contributed by atoms with Crippen molar-refractivity contribution >= 4 is 23.2 Å². The van der Waals surface area contributed by atoms with E-state index in [1.54, 1.807) is 31.4 Å². The first-order chi connectivity index (χ1) is 14.0. The van der Waals surface area contributed by atoms with Gasteiger partial charge in [0.05, 0.1) is 45.4 Å². The highest BCUT2D eigenvalue weighted by molar-refractivity contribution is 6.21. The molecular weight excluding hydrogens is 366 g/mol. The second kappa shape index (κ2) is 7.87. The topological polar surface area (TPSA) is 54.3 Å². The van der Waals surface area contributed by atoms with Crippen molar-refractivity contribution in [3.63, 3.8) is 0 Å². The molecule has 2 fully saturated rings. The van der Waals surface area contributed by atoms with Gasteiger partial charge in [-0.15, -0.1) is 0 Å².